The van der Waals surface area contributed by atoms with Gasteiger partial charge in [0.2, 0.25) is 0 Å². The lowest BCUT2D eigenvalue weighted by Gasteiger charge is -2.20. The van der Waals surface area contributed by atoms with E-state index in [4.69, 9.17) is 19.8 Å². The van der Waals surface area contributed by atoms with Crippen molar-refractivity contribution in [3.05, 3.63) is 60.2 Å². The molecule has 0 aliphatic carbocycles. The molecular formula is C21H25N5O4. The van der Waals surface area contributed by atoms with Gasteiger partial charge in [0.15, 0.2) is 0 Å². The summed E-state index contributed by atoms with van der Waals surface area (Å²) >= 11 is 0. The van der Waals surface area contributed by atoms with Crippen molar-refractivity contribution in [1.29, 1.82) is 5.41 Å². The maximum Gasteiger partial charge on any atom is 0.438 e. The Labute approximate surface area is 175 Å². The van der Waals surface area contributed by atoms with Gasteiger partial charge in [-0.15, -0.1) is 0 Å². The molecule has 158 valence electrons. The molecule has 2 aromatic carbocycles. The third-order valence-electron chi connectivity index (χ3n) is 4.08. The first kappa shape index (κ1) is 22.6. The van der Waals surface area contributed by atoms with Crippen molar-refractivity contribution in [2.75, 3.05) is 24.3 Å². The molecule has 0 fully saturated rings. The van der Waals surface area contributed by atoms with Crippen LogP contribution in [-0.2, 0) is 21.0 Å². The third-order valence-corrected chi connectivity index (χ3v) is 4.08. The minimum atomic E-state index is -0.653. The van der Waals surface area contributed by atoms with Crippen LogP contribution in [0.2, 0.25) is 0 Å². The number of hydrogen-bond donors (Lipinski definition) is 1. The van der Waals surface area contributed by atoms with Gasteiger partial charge in [0.05, 0.1) is 37.0 Å². The molecule has 0 bridgehead atoms. The van der Waals surface area contributed by atoms with Crippen LogP contribution in [0.5, 0.6) is 0 Å². The smallest absolute Gasteiger partial charge is 0.438 e. The molecule has 0 aromatic heterocycles. The number of amides is 1. The fourth-order valence-electron chi connectivity index (χ4n) is 2.43. The summed E-state index contributed by atoms with van der Waals surface area (Å²) in [5.41, 5.74) is 3.07. The first-order valence-electron chi connectivity index (χ1n) is 9.09. The highest BCUT2D eigenvalue weighted by atomic mass is 16.7. The van der Waals surface area contributed by atoms with Gasteiger partial charge in [-0.2, -0.15) is 10.2 Å². The van der Waals surface area contributed by atoms with E-state index in [1.807, 2.05) is 36.4 Å². The molecule has 2 aromatic rings. The SMILES string of the molecule is COC(=O)N(OC)c1ccccc1CO/N=C(C)/C(C)=N/N(C=N)c1ccccc1. The van der Waals surface area contributed by atoms with Gasteiger partial charge in [0.25, 0.3) is 0 Å². The van der Waals surface area contributed by atoms with Crippen LogP contribution in [0.4, 0.5) is 16.2 Å². The third kappa shape index (κ3) is 5.89. The van der Waals surface area contributed by atoms with Gasteiger partial charge >= 0.3 is 6.09 Å². The number of hydrazone groups is 1. The molecule has 1 N–H and O–H groups in total. The number of para-hydroxylation sites is 2. The molecule has 2 rings (SSSR count). The Bertz CT molecular complexity index is 915. The quantitative estimate of drug-likeness (QED) is 0.379. The second-order valence-electron chi connectivity index (χ2n) is 6.02. The number of rotatable bonds is 9. The van der Waals surface area contributed by atoms with Gasteiger partial charge in [-0.05, 0) is 32.0 Å². The molecule has 9 nitrogen and oxygen atoms in total. The number of methoxy groups -OCH3 is 1. The lowest BCUT2D eigenvalue weighted by Crippen LogP contribution is -2.30. The molecule has 0 unspecified atom stereocenters. The number of hydroxylamine groups is 1. The number of nitrogens with one attached hydrogen (secondary N) is 1. The average Bonchev–Trinajstić information content (AvgIpc) is 2.79. The maximum atomic E-state index is 11.9. The summed E-state index contributed by atoms with van der Waals surface area (Å²) in [5.74, 6) is 0. The number of oxime groups is 1. The number of carbonyl (C=O) groups excluding carboxylic acids is 1. The molecule has 30 heavy (non-hydrogen) atoms. The molecule has 0 aliphatic rings. The monoisotopic (exact) mass is 411 g/mol. The lowest BCUT2D eigenvalue weighted by molar-refractivity contribution is 0.111. The highest BCUT2D eigenvalue weighted by Gasteiger charge is 2.19. The zero-order valence-electron chi connectivity index (χ0n) is 17.4. The van der Waals surface area contributed by atoms with Crippen molar-refractivity contribution in [3.8, 4) is 0 Å². The highest BCUT2D eigenvalue weighted by Crippen LogP contribution is 2.22. The molecule has 0 spiro atoms. The minimum Gasteiger partial charge on any atom is -0.451 e. The molecule has 0 atom stereocenters. The van der Waals surface area contributed by atoms with E-state index in [1.54, 1.807) is 32.0 Å². The lowest BCUT2D eigenvalue weighted by atomic mass is 10.2. The Kier molecular flexibility index (Phi) is 8.52. The number of nitrogens with zero attached hydrogens (tertiary/aromatic N) is 4. The Morgan fingerprint density at radius 2 is 1.70 bits per heavy atom. The second kappa shape index (κ2) is 11.3. The Morgan fingerprint density at radius 3 is 2.33 bits per heavy atom. The van der Waals surface area contributed by atoms with Crippen LogP contribution in [0.3, 0.4) is 0 Å². The van der Waals surface area contributed by atoms with Crippen LogP contribution < -0.4 is 10.1 Å². The summed E-state index contributed by atoms with van der Waals surface area (Å²) in [5, 5.41) is 18.5. The van der Waals surface area contributed by atoms with Crippen LogP contribution in [0, 0.1) is 5.41 Å². The molecule has 1 amide bonds. The summed E-state index contributed by atoms with van der Waals surface area (Å²) < 4.78 is 4.73. The van der Waals surface area contributed by atoms with Gasteiger partial charge < -0.3 is 9.57 Å². The largest absolute Gasteiger partial charge is 0.451 e. The molecule has 0 saturated carbocycles. The van der Waals surface area contributed by atoms with E-state index in [2.05, 4.69) is 10.3 Å². The fourth-order valence-corrected chi connectivity index (χ4v) is 2.43. The van der Waals surface area contributed by atoms with Gasteiger partial charge in [-0.1, -0.05) is 41.6 Å². The zero-order valence-corrected chi connectivity index (χ0v) is 17.4. The average molecular weight is 411 g/mol. The number of carbonyl (C=O) groups is 1. The van der Waals surface area contributed by atoms with Crippen LogP contribution >= 0.6 is 0 Å². The van der Waals surface area contributed by atoms with Crippen LogP contribution in [0.1, 0.15) is 19.4 Å². The summed E-state index contributed by atoms with van der Waals surface area (Å²) in [6.07, 6.45) is 0.468. The first-order chi connectivity index (χ1) is 14.5. The number of hydrogen-bond acceptors (Lipinski definition) is 7. The van der Waals surface area contributed by atoms with Crippen molar-refractivity contribution in [3.63, 3.8) is 0 Å². The Balaban J connectivity index is 2.11. The minimum absolute atomic E-state index is 0.102. The van der Waals surface area contributed by atoms with E-state index < -0.39 is 6.09 Å². The molecule has 0 saturated heterocycles. The van der Waals surface area contributed by atoms with Crippen molar-refractivity contribution in [1.82, 2.24) is 0 Å². The van der Waals surface area contributed by atoms with Gasteiger partial charge in [0.1, 0.15) is 12.9 Å². The normalized spacial score (nSPS) is 11.6. The number of anilines is 2. The van der Waals surface area contributed by atoms with E-state index >= 15 is 0 Å². The van der Waals surface area contributed by atoms with E-state index in [0.717, 1.165) is 17.1 Å². The van der Waals surface area contributed by atoms with Crippen molar-refractivity contribution < 1.29 is 19.2 Å². The van der Waals surface area contributed by atoms with Crippen LogP contribution in [0.25, 0.3) is 0 Å². The summed E-state index contributed by atoms with van der Waals surface area (Å²) in [6.45, 7) is 3.64. The molecule has 9 heteroatoms. The number of ether oxygens (including phenoxy) is 1. The molecule has 0 heterocycles. The van der Waals surface area contributed by atoms with Crippen LogP contribution in [0.15, 0.2) is 64.9 Å². The van der Waals surface area contributed by atoms with E-state index in [9.17, 15) is 4.79 Å². The standard InChI is InChI=1S/C21H25N5O4/c1-16(23-25(15-22)19-11-6-5-7-12-19)17(2)24-30-14-18-10-8-9-13-20(18)26(29-4)21(27)28-3/h5-13,15,22H,14H2,1-4H3/b22-15?,23-16+,24-17+. The Hall–Kier alpha value is -3.72. The first-order valence-corrected chi connectivity index (χ1v) is 9.09. The predicted octanol–water partition coefficient (Wildman–Crippen LogP) is 4.20. The van der Waals surface area contributed by atoms with Crippen LogP contribution in [-0.4, -0.2) is 38.1 Å². The van der Waals surface area contributed by atoms with E-state index in [1.165, 1.54) is 19.2 Å². The molecular weight excluding hydrogens is 386 g/mol. The zero-order chi connectivity index (χ0) is 21.9. The number of benzene rings is 2. The summed E-state index contributed by atoms with van der Waals surface area (Å²) in [6, 6.07) is 16.4. The topological polar surface area (TPSA) is 99.8 Å². The van der Waals surface area contributed by atoms with Gasteiger partial charge in [-0.3, -0.25) is 10.2 Å². The molecule has 0 aliphatic heterocycles. The maximum absolute atomic E-state index is 11.9. The second-order valence-corrected chi connectivity index (χ2v) is 6.02. The fraction of sp³-hybridized carbons (Fsp3) is 0.238. The summed E-state index contributed by atoms with van der Waals surface area (Å²) in [4.78, 5) is 22.5. The van der Waals surface area contributed by atoms with E-state index in [-0.39, 0.29) is 6.61 Å². The van der Waals surface area contributed by atoms with E-state index in [0.29, 0.717) is 22.7 Å². The van der Waals surface area contributed by atoms with Crippen molar-refractivity contribution >= 4 is 35.2 Å². The van der Waals surface area contributed by atoms with Gasteiger partial charge in [-0.25, -0.2) is 9.80 Å². The molecule has 0 radical (unpaired) electrons. The summed E-state index contributed by atoms with van der Waals surface area (Å²) in [7, 11) is 2.65. The van der Waals surface area contributed by atoms with Crippen molar-refractivity contribution in [2.45, 2.75) is 20.5 Å². The highest BCUT2D eigenvalue weighted by molar-refractivity contribution is 6.40. The van der Waals surface area contributed by atoms with Crippen molar-refractivity contribution in [2.24, 2.45) is 10.3 Å². The predicted molar refractivity (Wildman–Crippen MR) is 117 cm³/mol. The van der Waals surface area contributed by atoms with Gasteiger partial charge in [0, 0.05) is 5.56 Å². The Morgan fingerprint density at radius 1 is 1.03 bits per heavy atom.